The van der Waals surface area contributed by atoms with Crippen LogP contribution in [0.1, 0.15) is 30.7 Å². The molecular formula is C28H28N6. The summed E-state index contributed by atoms with van der Waals surface area (Å²) >= 11 is 0. The fraction of sp³-hybridized carbons (Fsp3) is 0.286. The molecule has 0 amide bonds. The van der Waals surface area contributed by atoms with E-state index in [0.717, 1.165) is 48.0 Å². The highest BCUT2D eigenvalue weighted by Crippen LogP contribution is 2.36. The smallest absolute Gasteiger partial charge is 0.161 e. The third-order valence-electron chi connectivity index (χ3n) is 6.89. The van der Waals surface area contributed by atoms with Crippen LogP contribution in [0.3, 0.4) is 0 Å². The number of aromatic nitrogens is 3. The van der Waals surface area contributed by atoms with Gasteiger partial charge in [0.05, 0.1) is 28.7 Å². The molecule has 1 fully saturated rings. The number of anilines is 1. The zero-order chi connectivity index (χ0) is 23.4. The molecule has 2 aromatic heterocycles. The summed E-state index contributed by atoms with van der Waals surface area (Å²) < 4.78 is 4.54. The van der Waals surface area contributed by atoms with Gasteiger partial charge in [-0.05, 0) is 68.3 Å². The van der Waals surface area contributed by atoms with Gasteiger partial charge >= 0.3 is 0 Å². The summed E-state index contributed by atoms with van der Waals surface area (Å²) in [5.41, 5.74) is 8.78. The van der Waals surface area contributed by atoms with Crippen molar-refractivity contribution in [2.75, 3.05) is 18.0 Å². The van der Waals surface area contributed by atoms with Crippen molar-refractivity contribution in [2.45, 2.75) is 39.4 Å². The molecule has 1 saturated heterocycles. The lowest BCUT2D eigenvalue weighted by molar-refractivity contribution is 0.407. The Morgan fingerprint density at radius 1 is 0.971 bits per heavy atom. The van der Waals surface area contributed by atoms with Gasteiger partial charge < -0.3 is 14.8 Å². The molecule has 0 spiro atoms. The van der Waals surface area contributed by atoms with Crippen LogP contribution in [0, 0.1) is 18.3 Å². The third kappa shape index (κ3) is 3.49. The Kier molecular flexibility index (Phi) is 4.82. The number of piperazine rings is 1. The van der Waals surface area contributed by atoms with Gasteiger partial charge in [0.1, 0.15) is 0 Å². The minimum Gasteiger partial charge on any atom is -0.368 e. The molecule has 2 aromatic carbocycles. The van der Waals surface area contributed by atoms with Crippen LogP contribution in [0.5, 0.6) is 0 Å². The molecule has 0 bridgehead atoms. The standard InChI is InChI=1S/C28H28N6/c1-18-13-32(14-19(2)30-18)25-8-9-26-24(10-25)17-33-16-23(22-6-4-21(12-29)5-7-22)11-27(33)28-31-20(3)15-34(26)28/h4-11,15-16,18-19,30H,13-14,17H2,1-3H3. The van der Waals surface area contributed by atoms with E-state index in [1.165, 1.54) is 16.9 Å². The number of nitrogens with zero attached hydrogens (tertiary/aromatic N) is 5. The van der Waals surface area contributed by atoms with Crippen molar-refractivity contribution in [1.82, 2.24) is 19.4 Å². The first-order chi connectivity index (χ1) is 16.5. The second-order valence-electron chi connectivity index (χ2n) is 9.69. The minimum atomic E-state index is 0.469. The average Bonchev–Trinajstić information content (AvgIpc) is 3.39. The van der Waals surface area contributed by atoms with Crippen molar-refractivity contribution in [1.29, 1.82) is 5.26 Å². The van der Waals surface area contributed by atoms with Gasteiger partial charge in [0.2, 0.25) is 0 Å². The van der Waals surface area contributed by atoms with Gasteiger partial charge in [-0.1, -0.05) is 12.1 Å². The molecule has 2 aliphatic rings. The van der Waals surface area contributed by atoms with Gasteiger partial charge in [0.25, 0.3) is 0 Å². The van der Waals surface area contributed by atoms with Crippen LogP contribution in [0.2, 0.25) is 0 Å². The van der Waals surface area contributed by atoms with E-state index in [0.29, 0.717) is 17.6 Å². The van der Waals surface area contributed by atoms with Crippen LogP contribution in [-0.2, 0) is 6.54 Å². The molecular weight excluding hydrogens is 420 g/mol. The molecule has 34 heavy (non-hydrogen) atoms. The van der Waals surface area contributed by atoms with Crippen molar-refractivity contribution < 1.29 is 0 Å². The summed E-state index contributed by atoms with van der Waals surface area (Å²) in [4.78, 5) is 7.39. The van der Waals surface area contributed by atoms with Crippen LogP contribution < -0.4 is 10.2 Å². The Morgan fingerprint density at radius 2 is 1.74 bits per heavy atom. The average molecular weight is 449 g/mol. The zero-order valence-corrected chi connectivity index (χ0v) is 19.8. The van der Waals surface area contributed by atoms with Crippen LogP contribution in [-0.4, -0.2) is 39.3 Å². The number of benzene rings is 2. The Labute approximate surface area is 200 Å². The molecule has 170 valence electrons. The van der Waals surface area contributed by atoms with Gasteiger partial charge in [-0.3, -0.25) is 4.57 Å². The fourth-order valence-corrected chi connectivity index (χ4v) is 5.44. The Morgan fingerprint density at radius 3 is 2.47 bits per heavy atom. The molecule has 6 nitrogen and oxygen atoms in total. The Bertz CT molecular complexity index is 1410. The third-order valence-corrected chi connectivity index (χ3v) is 6.89. The van der Waals surface area contributed by atoms with Crippen LogP contribution in [0.15, 0.2) is 60.9 Å². The molecule has 4 aromatic rings. The second kappa shape index (κ2) is 7.89. The predicted octanol–water partition coefficient (Wildman–Crippen LogP) is 4.74. The monoisotopic (exact) mass is 448 g/mol. The molecule has 0 saturated carbocycles. The number of hydrogen-bond donors (Lipinski definition) is 1. The summed E-state index contributed by atoms with van der Waals surface area (Å²) in [5, 5.41) is 12.8. The van der Waals surface area contributed by atoms with Crippen molar-refractivity contribution in [2.24, 2.45) is 0 Å². The van der Waals surface area contributed by atoms with E-state index in [-0.39, 0.29) is 0 Å². The summed E-state index contributed by atoms with van der Waals surface area (Å²) in [7, 11) is 0. The number of aryl methyl sites for hydroxylation is 1. The van der Waals surface area contributed by atoms with Crippen molar-refractivity contribution in [3.63, 3.8) is 0 Å². The van der Waals surface area contributed by atoms with E-state index in [4.69, 9.17) is 10.2 Å². The van der Waals surface area contributed by atoms with Crippen molar-refractivity contribution in [3.8, 4) is 34.4 Å². The first-order valence-electron chi connectivity index (χ1n) is 11.9. The number of imidazole rings is 1. The van der Waals surface area contributed by atoms with E-state index in [2.05, 4.69) is 75.9 Å². The number of rotatable bonds is 2. The van der Waals surface area contributed by atoms with Gasteiger partial charge in [-0.15, -0.1) is 0 Å². The SMILES string of the molecule is Cc1cn2c(n1)-c1cc(-c3ccc(C#N)cc3)cn1Cc1cc(N3CC(C)NC(C)C3)ccc1-2. The highest BCUT2D eigenvalue weighted by molar-refractivity contribution is 5.72. The molecule has 0 aliphatic carbocycles. The number of nitrogens with one attached hydrogen (secondary N) is 1. The first kappa shape index (κ1) is 20.8. The van der Waals surface area contributed by atoms with Gasteiger partial charge in [0.15, 0.2) is 5.82 Å². The largest absolute Gasteiger partial charge is 0.368 e. The van der Waals surface area contributed by atoms with Crippen LogP contribution in [0.4, 0.5) is 5.69 Å². The number of fused-ring (bicyclic) bond motifs is 5. The lowest BCUT2D eigenvalue weighted by Gasteiger charge is -2.38. The fourth-order valence-electron chi connectivity index (χ4n) is 5.44. The molecule has 2 unspecified atom stereocenters. The Hall–Kier alpha value is -3.82. The van der Waals surface area contributed by atoms with E-state index in [1.54, 1.807) is 0 Å². The highest BCUT2D eigenvalue weighted by atomic mass is 15.2. The number of nitriles is 1. The van der Waals surface area contributed by atoms with Crippen LogP contribution >= 0.6 is 0 Å². The summed E-state index contributed by atoms with van der Waals surface area (Å²) in [6, 6.07) is 20.0. The summed E-state index contributed by atoms with van der Waals surface area (Å²) in [6.45, 7) is 9.36. The number of hydrogen-bond acceptors (Lipinski definition) is 4. The first-order valence-corrected chi connectivity index (χ1v) is 11.9. The summed E-state index contributed by atoms with van der Waals surface area (Å²) in [6.07, 6.45) is 4.34. The lowest BCUT2D eigenvalue weighted by atomic mass is 10.1. The maximum Gasteiger partial charge on any atom is 0.161 e. The molecule has 2 aliphatic heterocycles. The molecule has 6 rings (SSSR count). The molecule has 1 N–H and O–H groups in total. The van der Waals surface area contributed by atoms with Crippen molar-refractivity contribution in [3.05, 3.63) is 77.7 Å². The van der Waals surface area contributed by atoms with E-state index in [9.17, 15) is 0 Å². The minimum absolute atomic E-state index is 0.469. The molecule has 4 heterocycles. The summed E-state index contributed by atoms with van der Waals surface area (Å²) in [5.74, 6) is 0.966. The maximum atomic E-state index is 9.14. The highest BCUT2D eigenvalue weighted by Gasteiger charge is 2.25. The van der Waals surface area contributed by atoms with E-state index in [1.807, 2.05) is 31.2 Å². The lowest BCUT2D eigenvalue weighted by Crippen LogP contribution is -2.54. The van der Waals surface area contributed by atoms with E-state index < -0.39 is 0 Å². The molecule has 0 radical (unpaired) electrons. The zero-order valence-electron chi connectivity index (χ0n) is 19.8. The topological polar surface area (TPSA) is 61.8 Å². The van der Waals surface area contributed by atoms with E-state index >= 15 is 0 Å². The van der Waals surface area contributed by atoms with Gasteiger partial charge in [-0.25, -0.2) is 4.98 Å². The molecule has 2 atom stereocenters. The van der Waals surface area contributed by atoms with Crippen molar-refractivity contribution >= 4 is 5.69 Å². The molecule has 6 heteroatoms. The normalized spacial score (nSPS) is 19.1. The Balaban J connectivity index is 1.44. The maximum absolute atomic E-state index is 9.14. The van der Waals surface area contributed by atoms with Gasteiger partial charge in [0, 0.05) is 55.4 Å². The van der Waals surface area contributed by atoms with Crippen LogP contribution in [0.25, 0.3) is 28.3 Å². The quantitative estimate of drug-likeness (QED) is 0.424. The second-order valence-corrected chi connectivity index (χ2v) is 9.69. The predicted molar refractivity (Wildman–Crippen MR) is 135 cm³/mol. The van der Waals surface area contributed by atoms with Gasteiger partial charge in [-0.2, -0.15) is 5.26 Å².